The topological polar surface area (TPSA) is 65.2 Å². The first-order chi connectivity index (χ1) is 6.99. The van der Waals surface area contributed by atoms with Crippen LogP contribution >= 0.6 is 0 Å². The van der Waals surface area contributed by atoms with Gasteiger partial charge in [0.25, 0.3) is 6.43 Å². The second-order valence-corrected chi connectivity index (χ2v) is 2.89. The van der Waals surface area contributed by atoms with E-state index in [1.165, 1.54) is 6.92 Å². The minimum atomic E-state index is -2.83. The Morgan fingerprint density at radius 2 is 2.20 bits per heavy atom. The molecule has 0 unspecified atom stereocenters. The van der Waals surface area contributed by atoms with Crippen LogP contribution in [0.15, 0.2) is 6.20 Å². The van der Waals surface area contributed by atoms with Gasteiger partial charge in [0.1, 0.15) is 5.69 Å². The summed E-state index contributed by atoms with van der Waals surface area (Å²) in [6.45, 7) is 1.47. The zero-order valence-electron chi connectivity index (χ0n) is 8.25. The summed E-state index contributed by atoms with van der Waals surface area (Å²) in [6, 6.07) is 0. The molecule has 0 spiro atoms. The molecule has 0 bridgehead atoms. The molecule has 0 fully saturated rings. The van der Waals surface area contributed by atoms with Crippen LogP contribution in [0.2, 0.25) is 0 Å². The second kappa shape index (κ2) is 4.20. The molecule has 0 aromatic carbocycles. The van der Waals surface area contributed by atoms with Gasteiger partial charge in [-0.05, 0) is 12.5 Å². The molecule has 6 heteroatoms. The SMILES string of the molecule is COC(=O)c1c(C(F)F)ncc(N)c1C. The first kappa shape index (κ1) is 11.4. The summed E-state index contributed by atoms with van der Waals surface area (Å²) in [4.78, 5) is 14.7. The number of carbonyl (C=O) groups excluding carboxylic acids is 1. The molecule has 2 N–H and O–H groups in total. The normalized spacial score (nSPS) is 10.5. The molecule has 0 saturated heterocycles. The molecular weight excluding hydrogens is 206 g/mol. The maximum absolute atomic E-state index is 12.5. The summed E-state index contributed by atoms with van der Waals surface area (Å²) in [7, 11) is 1.11. The molecule has 1 heterocycles. The Bertz CT molecular complexity index is 394. The van der Waals surface area contributed by atoms with E-state index in [1.807, 2.05) is 0 Å². The zero-order valence-corrected chi connectivity index (χ0v) is 8.25. The summed E-state index contributed by atoms with van der Waals surface area (Å²) in [5.41, 5.74) is 5.04. The third-order valence-corrected chi connectivity index (χ3v) is 2.00. The predicted molar refractivity (Wildman–Crippen MR) is 49.7 cm³/mol. The summed E-state index contributed by atoms with van der Waals surface area (Å²) in [5, 5.41) is 0. The maximum atomic E-state index is 12.5. The number of nitrogen functional groups attached to an aromatic ring is 1. The maximum Gasteiger partial charge on any atom is 0.340 e. The van der Waals surface area contributed by atoms with E-state index in [-0.39, 0.29) is 16.8 Å². The van der Waals surface area contributed by atoms with Gasteiger partial charge in [0.2, 0.25) is 0 Å². The van der Waals surface area contributed by atoms with Crippen molar-refractivity contribution in [3.63, 3.8) is 0 Å². The summed E-state index contributed by atoms with van der Waals surface area (Å²) >= 11 is 0. The summed E-state index contributed by atoms with van der Waals surface area (Å²) in [5.74, 6) is -0.859. The largest absolute Gasteiger partial charge is 0.465 e. The van der Waals surface area contributed by atoms with Gasteiger partial charge in [-0.1, -0.05) is 0 Å². The Kier molecular flexibility index (Phi) is 3.18. The zero-order chi connectivity index (χ0) is 11.6. The summed E-state index contributed by atoms with van der Waals surface area (Å²) < 4.78 is 29.4. The van der Waals surface area contributed by atoms with Gasteiger partial charge in [0.15, 0.2) is 0 Å². The molecule has 15 heavy (non-hydrogen) atoms. The first-order valence-corrected chi connectivity index (χ1v) is 4.10. The molecule has 0 radical (unpaired) electrons. The Morgan fingerprint density at radius 1 is 1.60 bits per heavy atom. The molecule has 0 aliphatic heterocycles. The Labute approximate surface area is 85.1 Å². The highest BCUT2D eigenvalue weighted by Crippen LogP contribution is 2.26. The van der Waals surface area contributed by atoms with Gasteiger partial charge in [-0.3, -0.25) is 4.98 Å². The van der Waals surface area contributed by atoms with Crippen molar-refractivity contribution in [2.75, 3.05) is 12.8 Å². The van der Waals surface area contributed by atoms with Crippen molar-refractivity contribution in [3.05, 3.63) is 23.0 Å². The Hall–Kier alpha value is -1.72. The molecule has 0 amide bonds. The number of nitrogens with two attached hydrogens (primary N) is 1. The lowest BCUT2D eigenvalue weighted by molar-refractivity contribution is 0.0586. The average molecular weight is 216 g/mol. The fourth-order valence-corrected chi connectivity index (χ4v) is 1.16. The van der Waals surface area contributed by atoms with Gasteiger partial charge in [-0.15, -0.1) is 0 Å². The Balaban J connectivity index is 3.41. The Morgan fingerprint density at radius 3 is 2.67 bits per heavy atom. The van der Waals surface area contributed by atoms with E-state index in [0.717, 1.165) is 13.3 Å². The molecule has 0 aliphatic rings. The minimum Gasteiger partial charge on any atom is -0.465 e. The van der Waals surface area contributed by atoms with Crippen molar-refractivity contribution >= 4 is 11.7 Å². The molecule has 1 aromatic rings. The van der Waals surface area contributed by atoms with E-state index < -0.39 is 18.1 Å². The van der Waals surface area contributed by atoms with Crippen molar-refractivity contribution in [1.82, 2.24) is 4.98 Å². The second-order valence-electron chi connectivity index (χ2n) is 2.89. The van der Waals surface area contributed by atoms with Gasteiger partial charge in [-0.25, -0.2) is 13.6 Å². The van der Waals surface area contributed by atoms with E-state index in [4.69, 9.17) is 5.73 Å². The number of pyridine rings is 1. The number of anilines is 1. The highest BCUT2D eigenvalue weighted by atomic mass is 19.3. The van der Waals surface area contributed by atoms with Crippen LogP contribution in [0.5, 0.6) is 0 Å². The third kappa shape index (κ3) is 2.03. The van der Waals surface area contributed by atoms with Crippen LogP contribution in [0.25, 0.3) is 0 Å². The van der Waals surface area contributed by atoms with Gasteiger partial charge >= 0.3 is 5.97 Å². The van der Waals surface area contributed by atoms with Crippen molar-refractivity contribution in [3.8, 4) is 0 Å². The molecule has 0 saturated carbocycles. The van der Waals surface area contributed by atoms with Crippen molar-refractivity contribution in [1.29, 1.82) is 0 Å². The fourth-order valence-electron chi connectivity index (χ4n) is 1.16. The quantitative estimate of drug-likeness (QED) is 0.764. The van der Waals surface area contributed by atoms with Crippen LogP contribution in [-0.4, -0.2) is 18.1 Å². The van der Waals surface area contributed by atoms with Crippen molar-refractivity contribution < 1.29 is 18.3 Å². The van der Waals surface area contributed by atoms with Crippen LogP contribution in [0, 0.1) is 6.92 Å². The number of halogens is 2. The van der Waals surface area contributed by atoms with Crippen LogP contribution in [0.4, 0.5) is 14.5 Å². The van der Waals surface area contributed by atoms with E-state index in [2.05, 4.69) is 9.72 Å². The van der Waals surface area contributed by atoms with Crippen molar-refractivity contribution in [2.24, 2.45) is 0 Å². The average Bonchev–Trinajstić information content (AvgIpc) is 2.20. The van der Waals surface area contributed by atoms with Gasteiger partial charge in [0.05, 0.1) is 24.6 Å². The number of alkyl halides is 2. The first-order valence-electron chi connectivity index (χ1n) is 4.10. The van der Waals surface area contributed by atoms with Gasteiger partial charge < -0.3 is 10.5 Å². The van der Waals surface area contributed by atoms with E-state index >= 15 is 0 Å². The highest BCUT2D eigenvalue weighted by molar-refractivity contribution is 5.93. The van der Waals surface area contributed by atoms with Crippen LogP contribution < -0.4 is 5.73 Å². The minimum absolute atomic E-state index is 0.180. The molecule has 0 aliphatic carbocycles. The number of rotatable bonds is 2. The van der Waals surface area contributed by atoms with Crippen molar-refractivity contribution in [2.45, 2.75) is 13.3 Å². The number of methoxy groups -OCH3 is 1. The number of aromatic nitrogens is 1. The van der Waals surface area contributed by atoms with E-state index in [1.54, 1.807) is 0 Å². The standard InChI is InChI=1S/C9H10F2N2O2/c1-4-5(12)3-13-7(8(10)11)6(4)9(14)15-2/h3,8H,12H2,1-2H3. The number of ether oxygens (including phenoxy) is 1. The molecule has 1 rings (SSSR count). The molecule has 4 nitrogen and oxygen atoms in total. The highest BCUT2D eigenvalue weighted by Gasteiger charge is 2.23. The molecule has 0 atom stereocenters. The van der Waals surface area contributed by atoms with E-state index in [0.29, 0.717) is 0 Å². The predicted octanol–water partition coefficient (Wildman–Crippen LogP) is 1.70. The number of nitrogens with zero attached hydrogens (tertiary/aromatic N) is 1. The lowest BCUT2D eigenvalue weighted by atomic mass is 10.1. The number of hydrogen-bond donors (Lipinski definition) is 1. The van der Waals surface area contributed by atoms with Crippen LogP contribution in [-0.2, 0) is 4.74 Å². The molecule has 82 valence electrons. The third-order valence-electron chi connectivity index (χ3n) is 2.00. The molecular formula is C9H10F2N2O2. The van der Waals surface area contributed by atoms with E-state index in [9.17, 15) is 13.6 Å². The monoisotopic (exact) mass is 216 g/mol. The number of hydrogen-bond acceptors (Lipinski definition) is 4. The number of carbonyl (C=O) groups is 1. The fraction of sp³-hybridized carbons (Fsp3) is 0.333. The van der Waals surface area contributed by atoms with Crippen LogP contribution in [0.3, 0.4) is 0 Å². The van der Waals surface area contributed by atoms with Gasteiger partial charge in [-0.2, -0.15) is 0 Å². The lowest BCUT2D eigenvalue weighted by Crippen LogP contribution is -2.12. The molecule has 1 aromatic heterocycles. The van der Waals surface area contributed by atoms with Gasteiger partial charge in [0, 0.05) is 0 Å². The number of esters is 1. The van der Waals surface area contributed by atoms with Crippen LogP contribution in [0.1, 0.15) is 28.0 Å². The lowest BCUT2D eigenvalue weighted by Gasteiger charge is -2.10. The summed E-state index contributed by atoms with van der Waals surface area (Å²) in [6.07, 6.45) is -1.73. The smallest absolute Gasteiger partial charge is 0.340 e.